The van der Waals surface area contributed by atoms with Crippen molar-refractivity contribution in [3.63, 3.8) is 0 Å². The highest BCUT2D eigenvalue weighted by atomic mass is 35.5. The lowest BCUT2D eigenvalue weighted by Gasteiger charge is -2.13. The van der Waals surface area contributed by atoms with Gasteiger partial charge in [-0.2, -0.15) is 0 Å². The summed E-state index contributed by atoms with van der Waals surface area (Å²) in [5.41, 5.74) is 5.86. The summed E-state index contributed by atoms with van der Waals surface area (Å²) < 4.78 is 36.6. The fourth-order valence-corrected chi connectivity index (χ4v) is 2.81. The zero-order valence-electron chi connectivity index (χ0n) is 11.1. The SMILES string of the molecule is COc1cc(C)c(S(=O)(=O)NCCN)cc1OC.Cl. The fourth-order valence-electron chi connectivity index (χ4n) is 1.52. The van der Waals surface area contributed by atoms with Crippen LogP contribution in [0.25, 0.3) is 0 Å². The number of nitrogens with two attached hydrogens (primary N) is 1. The van der Waals surface area contributed by atoms with E-state index in [9.17, 15) is 8.42 Å². The second kappa shape index (κ2) is 7.54. The maximum absolute atomic E-state index is 12.0. The average molecular weight is 311 g/mol. The lowest BCUT2D eigenvalue weighted by Crippen LogP contribution is -2.29. The molecule has 8 heteroatoms. The van der Waals surface area contributed by atoms with Crippen molar-refractivity contribution in [1.82, 2.24) is 4.72 Å². The Morgan fingerprint density at radius 2 is 1.74 bits per heavy atom. The number of benzene rings is 1. The van der Waals surface area contributed by atoms with Gasteiger partial charge in [0.2, 0.25) is 10.0 Å². The first-order valence-corrected chi connectivity index (χ1v) is 6.87. The molecule has 0 aliphatic heterocycles. The molecular weight excluding hydrogens is 292 g/mol. The first-order chi connectivity index (χ1) is 8.46. The zero-order chi connectivity index (χ0) is 13.8. The number of nitrogens with one attached hydrogen (secondary N) is 1. The van der Waals surface area contributed by atoms with Crippen LogP contribution >= 0.6 is 12.4 Å². The molecule has 0 heterocycles. The van der Waals surface area contributed by atoms with Crippen LogP contribution in [0.5, 0.6) is 11.5 Å². The molecule has 0 spiro atoms. The summed E-state index contributed by atoms with van der Waals surface area (Å²) in [5.74, 6) is 0.865. The van der Waals surface area contributed by atoms with E-state index in [-0.39, 0.29) is 30.4 Å². The molecule has 0 bridgehead atoms. The minimum Gasteiger partial charge on any atom is -0.493 e. The van der Waals surface area contributed by atoms with Crippen molar-refractivity contribution in [2.45, 2.75) is 11.8 Å². The van der Waals surface area contributed by atoms with Crippen LogP contribution in [0.2, 0.25) is 0 Å². The summed E-state index contributed by atoms with van der Waals surface area (Å²) in [6.45, 7) is 2.13. The van der Waals surface area contributed by atoms with Gasteiger partial charge < -0.3 is 15.2 Å². The van der Waals surface area contributed by atoms with Crippen LogP contribution in [-0.4, -0.2) is 35.7 Å². The van der Waals surface area contributed by atoms with Gasteiger partial charge in [-0.3, -0.25) is 0 Å². The third-order valence-corrected chi connectivity index (χ3v) is 4.01. The molecule has 0 unspecified atom stereocenters. The first kappa shape index (κ1) is 18.0. The minimum absolute atomic E-state index is 0. The fraction of sp³-hybridized carbons (Fsp3) is 0.455. The number of hydrogen-bond donors (Lipinski definition) is 2. The first-order valence-electron chi connectivity index (χ1n) is 5.38. The van der Waals surface area contributed by atoms with Crippen LogP contribution < -0.4 is 19.9 Å². The van der Waals surface area contributed by atoms with E-state index in [1.54, 1.807) is 13.0 Å². The maximum atomic E-state index is 12.0. The molecule has 0 aromatic heterocycles. The third kappa shape index (κ3) is 4.24. The smallest absolute Gasteiger partial charge is 0.241 e. The van der Waals surface area contributed by atoms with Gasteiger partial charge in [0.25, 0.3) is 0 Å². The van der Waals surface area contributed by atoms with Crippen molar-refractivity contribution in [2.24, 2.45) is 5.73 Å². The summed E-state index contributed by atoms with van der Waals surface area (Å²) in [6.07, 6.45) is 0. The van der Waals surface area contributed by atoms with E-state index in [1.165, 1.54) is 20.3 Å². The van der Waals surface area contributed by atoms with Crippen LogP contribution in [0.4, 0.5) is 0 Å². The van der Waals surface area contributed by atoms with E-state index in [0.29, 0.717) is 17.1 Å². The summed E-state index contributed by atoms with van der Waals surface area (Å²) in [6, 6.07) is 3.06. The highest BCUT2D eigenvalue weighted by molar-refractivity contribution is 7.89. The minimum atomic E-state index is -3.58. The monoisotopic (exact) mass is 310 g/mol. The molecule has 0 aliphatic rings. The van der Waals surface area contributed by atoms with Crippen molar-refractivity contribution >= 4 is 22.4 Å². The Labute approximate surface area is 119 Å². The molecule has 6 nitrogen and oxygen atoms in total. The molecule has 0 saturated carbocycles. The Morgan fingerprint density at radius 3 is 2.21 bits per heavy atom. The molecule has 1 rings (SSSR count). The average Bonchev–Trinajstić information content (AvgIpc) is 2.35. The molecule has 19 heavy (non-hydrogen) atoms. The molecule has 1 aromatic rings. The molecule has 0 amide bonds. The number of ether oxygens (including phenoxy) is 2. The number of halogens is 1. The number of hydrogen-bond acceptors (Lipinski definition) is 5. The van der Waals surface area contributed by atoms with Crippen LogP contribution in [0.3, 0.4) is 0 Å². The highest BCUT2D eigenvalue weighted by Crippen LogP contribution is 2.32. The van der Waals surface area contributed by atoms with E-state index >= 15 is 0 Å². The van der Waals surface area contributed by atoms with Gasteiger partial charge in [0.1, 0.15) is 0 Å². The number of rotatable bonds is 6. The van der Waals surface area contributed by atoms with Gasteiger partial charge in [0, 0.05) is 19.2 Å². The Balaban J connectivity index is 0.00000324. The van der Waals surface area contributed by atoms with Crippen LogP contribution in [0.15, 0.2) is 17.0 Å². The summed E-state index contributed by atoms with van der Waals surface area (Å²) in [4.78, 5) is 0.161. The van der Waals surface area contributed by atoms with Crippen LogP contribution in [0, 0.1) is 6.92 Å². The zero-order valence-corrected chi connectivity index (χ0v) is 12.7. The summed E-state index contributed by atoms with van der Waals surface area (Å²) >= 11 is 0. The van der Waals surface area contributed by atoms with Crippen molar-refractivity contribution in [2.75, 3.05) is 27.3 Å². The lowest BCUT2D eigenvalue weighted by molar-refractivity contribution is 0.353. The molecule has 0 saturated heterocycles. The van der Waals surface area contributed by atoms with Gasteiger partial charge in [-0.15, -0.1) is 12.4 Å². The largest absolute Gasteiger partial charge is 0.493 e. The molecule has 0 atom stereocenters. The van der Waals surface area contributed by atoms with Gasteiger partial charge in [-0.05, 0) is 18.6 Å². The Hall–Kier alpha value is -1.02. The summed E-state index contributed by atoms with van der Waals surface area (Å²) in [7, 11) is -0.623. The van der Waals surface area contributed by atoms with Gasteiger partial charge >= 0.3 is 0 Å². The van der Waals surface area contributed by atoms with Gasteiger partial charge in [0.15, 0.2) is 11.5 Å². The Kier molecular flexibility index (Phi) is 7.14. The van der Waals surface area contributed by atoms with Crippen molar-refractivity contribution < 1.29 is 17.9 Å². The molecule has 0 radical (unpaired) electrons. The molecular formula is C11H19ClN2O4S. The van der Waals surface area contributed by atoms with Crippen molar-refractivity contribution in [3.05, 3.63) is 17.7 Å². The topological polar surface area (TPSA) is 90.7 Å². The van der Waals surface area contributed by atoms with Gasteiger partial charge in [-0.25, -0.2) is 13.1 Å². The molecule has 3 N–H and O–H groups in total. The van der Waals surface area contributed by atoms with Crippen molar-refractivity contribution in [3.8, 4) is 11.5 Å². The maximum Gasteiger partial charge on any atom is 0.241 e. The molecule has 110 valence electrons. The van der Waals surface area contributed by atoms with E-state index in [4.69, 9.17) is 15.2 Å². The summed E-state index contributed by atoms with van der Waals surface area (Å²) in [5, 5.41) is 0. The van der Waals surface area contributed by atoms with E-state index < -0.39 is 10.0 Å². The Bertz CT molecular complexity index is 520. The predicted octanol–water partition coefficient (Wildman–Crippen LogP) is 0.671. The second-order valence-electron chi connectivity index (χ2n) is 3.66. The molecule has 0 aliphatic carbocycles. The molecule has 1 aromatic carbocycles. The van der Waals surface area contributed by atoms with E-state index in [1.807, 2.05) is 0 Å². The normalized spacial score (nSPS) is 10.7. The van der Waals surface area contributed by atoms with Gasteiger partial charge in [-0.1, -0.05) is 0 Å². The predicted molar refractivity (Wildman–Crippen MR) is 75.8 cm³/mol. The molecule has 0 fully saturated rings. The van der Waals surface area contributed by atoms with E-state index in [2.05, 4.69) is 4.72 Å². The number of sulfonamides is 1. The van der Waals surface area contributed by atoms with E-state index in [0.717, 1.165) is 0 Å². The van der Waals surface area contributed by atoms with Crippen LogP contribution in [0.1, 0.15) is 5.56 Å². The van der Waals surface area contributed by atoms with Gasteiger partial charge in [0.05, 0.1) is 19.1 Å². The second-order valence-corrected chi connectivity index (χ2v) is 5.39. The number of methoxy groups -OCH3 is 2. The highest BCUT2D eigenvalue weighted by Gasteiger charge is 2.19. The lowest BCUT2D eigenvalue weighted by atomic mass is 10.2. The van der Waals surface area contributed by atoms with Crippen molar-refractivity contribution in [1.29, 1.82) is 0 Å². The quantitative estimate of drug-likeness (QED) is 0.806. The third-order valence-electron chi connectivity index (χ3n) is 2.41. The standard InChI is InChI=1S/C11H18N2O4S.ClH/c1-8-6-9(16-2)10(17-3)7-11(8)18(14,15)13-5-4-12;/h6-7,13H,4-5,12H2,1-3H3;1H. The van der Waals surface area contributed by atoms with Crippen LogP contribution in [-0.2, 0) is 10.0 Å². The number of aryl methyl sites for hydroxylation is 1. The Morgan fingerprint density at radius 1 is 1.21 bits per heavy atom.